The Morgan fingerprint density at radius 2 is 2.12 bits per heavy atom. The molecule has 5 heteroatoms. The first-order valence-corrected chi connectivity index (χ1v) is 4.84. The quantitative estimate of drug-likeness (QED) is 0.882. The molecule has 0 bridgehead atoms. The van der Waals surface area contributed by atoms with Crippen molar-refractivity contribution >= 4 is 6.08 Å². The third kappa shape index (κ3) is 3.49. The lowest BCUT2D eigenvalue weighted by Gasteiger charge is -2.16. The van der Waals surface area contributed by atoms with Crippen LogP contribution in [-0.4, -0.2) is 18.1 Å². The maximum Gasteiger partial charge on any atom is 0.573 e. The molecule has 0 spiro atoms. The van der Waals surface area contributed by atoms with E-state index in [1.807, 2.05) is 0 Å². The molecule has 0 aliphatic heterocycles. The SMILES string of the molecule is C=Cc1c(OC(F)(F)F)cccc1[C](C)CO. The highest BCUT2D eigenvalue weighted by atomic mass is 19.4. The van der Waals surface area contributed by atoms with Crippen LogP contribution in [0.4, 0.5) is 13.2 Å². The molecule has 0 heterocycles. The Labute approximate surface area is 97.3 Å². The second-order valence-corrected chi connectivity index (χ2v) is 3.41. The zero-order valence-electron chi connectivity index (χ0n) is 9.21. The predicted octanol–water partition coefficient (Wildman–Crippen LogP) is 3.16. The highest BCUT2D eigenvalue weighted by molar-refractivity contribution is 5.63. The Bertz CT molecular complexity index is 399. The van der Waals surface area contributed by atoms with E-state index < -0.39 is 6.36 Å². The summed E-state index contributed by atoms with van der Waals surface area (Å²) in [5.41, 5.74) is 0.709. The monoisotopic (exact) mass is 245 g/mol. The molecule has 0 fully saturated rings. The van der Waals surface area contributed by atoms with Gasteiger partial charge in [0.2, 0.25) is 0 Å². The van der Waals surface area contributed by atoms with Gasteiger partial charge in [0.1, 0.15) is 5.75 Å². The number of alkyl halides is 3. The number of benzene rings is 1. The van der Waals surface area contributed by atoms with E-state index >= 15 is 0 Å². The number of aliphatic hydroxyl groups is 1. The predicted molar refractivity (Wildman–Crippen MR) is 58.3 cm³/mol. The topological polar surface area (TPSA) is 29.5 Å². The molecule has 0 aliphatic carbocycles. The summed E-state index contributed by atoms with van der Waals surface area (Å²) < 4.78 is 40.4. The summed E-state index contributed by atoms with van der Waals surface area (Å²) in [6.07, 6.45) is -3.47. The molecule has 1 rings (SSSR count). The van der Waals surface area contributed by atoms with Gasteiger partial charge in [-0.05, 0) is 11.6 Å². The van der Waals surface area contributed by atoms with E-state index in [0.29, 0.717) is 11.5 Å². The van der Waals surface area contributed by atoms with E-state index in [9.17, 15) is 13.2 Å². The lowest BCUT2D eigenvalue weighted by atomic mass is 9.95. The van der Waals surface area contributed by atoms with Crippen molar-refractivity contribution in [2.45, 2.75) is 13.3 Å². The van der Waals surface area contributed by atoms with Gasteiger partial charge in [0.15, 0.2) is 0 Å². The fraction of sp³-hybridized carbons (Fsp3) is 0.250. The van der Waals surface area contributed by atoms with Crippen molar-refractivity contribution in [3.8, 4) is 5.75 Å². The van der Waals surface area contributed by atoms with E-state index in [4.69, 9.17) is 5.11 Å². The fourth-order valence-electron chi connectivity index (χ4n) is 1.43. The summed E-state index contributed by atoms with van der Waals surface area (Å²) in [7, 11) is 0. The molecule has 0 saturated carbocycles. The summed E-state index contributed by atoms with van der Waals surface area (Å²) in [5, 5.41) is 9.00. The number of hydrogen-bond donors (Lipinski definition) is 1. The van der Waals surface area contributed by atoms with Gasteiger partial charge in [-0.2, -0.15) is 0 Å². The van der Waals surface area contributed by atoms with Gasteiger partial charge >= 0.3 is 6.36 Å². The lowest BCUT2D eigenvalue weighted by Crippen LogP contribution is -2.18. The summed E-state index contributed by atoms with van der Waals surface area (Å²) in [6.45, 7) is 4.84. The molecule has 1 radical (unpaired) electrons. The van der Waals surface area contributed by atoms with Gasteiger partial charge in [-0.3, -0.25) is 0 Å². The lowest BCUT2D eigenvalue weighted by molar-refractivity contribution is -0.274. The van der Waals surface area contributed by atoms with Crippen molar-refractivity contribution in [3.05, 3.63) is 41.8 Å². The van der Waals surface area contributed by atoms with E-state index in [-0.39, 0.29) is 17.9 Å². The first-order chi connectivity index (χ1) is 7.89. The minimum absolute atomic E-state index is 0.219. The molecule has 93 valence electrons. The first kappa shape index (κ1) is 13.6. The average molecular weight is 245 g/mol. The molecule has 1 N–H and O–H groups in total. The maximum atomic E-state index is 12.2. The molecule has 1 aromatic carbocycles. The molecule has 2 nitrogen and oxygen atoms in total. The summed E-state index contributed by atoms with van der Waals surface area (Å²) in [4.78, 5) is 0. The van der Waals surface area contributed by atoms with Crippen LogP contribution in [0.2, 0.25) is 0 Å². The third-order valence-corrected chi connectivity index (χ3v) is 2.19. The van der Waals surface area contributed by atoms with Crippen LogP contribution >= 0.6 is 0 Å². The molecule has 0 aliphatic rings. The van der Waals surface area contributed by atoms with Crippen molar-refractivity contribution < 1.29 is 23.0 Å². The third-order valence-electron chi connectivity index (χ3n) is 2.19. The van der Waals surface area contributed by atoms with Gasteiger partial charge in [0, 0.05) is 11.5 Å². The highest BCUT2D eigenvalue weighted by Gasteiger charge is 2.32. The minimum Gasteiger partial charge on any atom is -0.405 e. The van der Waals surface area contributed by atoms with Crippen LogP contribution < -0.4 is 4.74 Å². The molecule has 1 aromatic rings. The summed E-state index contributed by atoms with van der Waals surface area (Å²) >= 11 is 0. The second kappa shape index (κ2) is 5.23. The number of halogens is 3. The van der Waals surface area contributed by atoms with Crippen molar-refractivity contribution in [1.82, 2.24) is 0 Å². The standard InChI is InChI=1S/C12H12F3O2/c1-3-9-10(8(2)7-16)5-4-6-11(9)17-12(13,14)15/h3-6,16H,1,7H2,2H3. The molecule has 0 saturated heterocycles. The Hall–Kier alpha value is -1.49. The summed E-state index contributed by atoms with van der Waals surface area (Å²) in [6, 6.07) is 4.24. The largest absolute Gasteiger partial charge is 0.573 e. The zero-order chi connectivity index (χ0) is 13.1. The zero-order valence-corrected chi connectivity index (χ0v) is 9.21. The number of hydrogen-bond acceptors (Lipinski definition) is 2. The number of rotatable bonds is 4. The highest BCUT2D eigenvalue weighted by Crippen LogP contribution is 2.32. The smallest absolute Gasteiger partial charge is 0.405 e. The molecule has 0 aromatic heterocycles. The van der Waals surface area contributed by atoms with Crippen LogP contribution in [0.1, 0.15) is 18.1 Å². The summed E-state index contributed by atoms with van der Waals surface area (Å²) in [5.74, 6) is 0.227. The van der Waals surface area contributed by atoms with Crippen LogP contribution in [-0.2, 0) is 0 Å². The minimum atomic E-state index is -4.75. The van der Waals surface area contributed by atoms with Gasteiger partial charge in [-0.15, -0.1) is 13.2 Å². The molecule has 0 amide bonds. The van der Waals surface area contributed by atoms with E-state index in [1.54, 1.807) is 13.0 Å². The number of aliphatic hydroxyl groups excluding tert-OH is 1. The molecule has 0 unspecified atom stereocenters. The van der Waals surface area contributed by atoms with Crippen molar-refractivity contribution in [3.63, 3.8) is 0 Å². The molecule has 17 heavy (non-hydrogen) atoms. The van der Waals surface area contributed by atoms with Crippen molar-refractivity contribution in [2.24, 2.45) is 0 Å². The van der Waals surface area contributed by atoms with E-state index in [1.165, 1.54) is 18.2 Å². The first-order valence-electron chi connectivity index (χ1n) is 4.84. The maximum absolute atomic E-state index is 12.2. The van der Waals surface area contributed by atoms with Crippen LogP contribution in [0.15, 0.2) is 24.8 Å². The normalized spacial score (nSPS) is 11.6. The van der Waals surface area contributed by atoms with Crippen molar-refractivity contribution in [2.75, 3.05) is 6.61 Å². The van der Waals surface area contributed by atoms with Crippen LogP contribution in [0.5, 0.6) is 5.75 Å². The van der Waals surface area contributed by atoms with Crippen LogP contribution in [0.3, 0.4) is 0 Å². The fourth-order valence-corrected chi connectivity index (χ4v) is 1.43. The van der Waals surface area contributed by atoms with Gasteiger partial charge in [0.05, 0.1) is 6.61 Å². The van der Waals surface area contributed by atoms with Gasteiger partial charge in [-0.25, -0.2) is 0 Å². The Balaban J connectivity index is 3.19. The van der Waals surface area contributed by atoms with Crippen LogP contribution in [0, 0.1) is 5.92 Å². The van der Waals surface area contributed by atoms with Gasteiger partial charge in [-0.1, -0.05) is 31.7 Å². The van der Waals surface area contributed by atoms with Crippen molar-refractivity contribution in [1.29, 1.82) is 0 Å². The average Bonchev–Trinajstić information content (AvgIpc) is 2.25. The van der Waals surface area contributed by atoms with Gasteiger partial charge < -0.3 is 9.84 Å². The molecular weight excluding hydrogens is 233 g/mol. The molecule has 0 atom stereocenters. The Morgan fingerprint density at radius 3 is 2.59 bits per heavy atom. The molecular formula is C12H12F3O2. The van der Waals surface area contributed by atoms with E-state index in [2.05, 4.69) is 11.3 Å². The Kier molecular flexibility index (Phi) is 4.17. The number of ether oxygens (including phenoxy) is 1. The Morgan fingerprint density at radius 1 is 1.47 bits per heavy atom. The van der Waals surface area contributed by atoms with E-state index in [0.717, 1.165) is 0 Å². The second-order valence-electron chi connectivity index (χ2n) is 3.41. The van der Waals surface area contributed by atoms with Crippen LogP contribution in [0.25, 0.3) is 6.08 Å². The van der Waals surface area contributed by atoms with Gasteiger partial charge in [0.25, 0.3) is 0 Å².